The molecule has 5 heteroatoms. The van der Waals surface area contributed by atoms with E-state index in [-0.39, 0.29) is 0 Å². The van der Waals surface area contributed by atoms with Crippen LogP contribution in [0, 0.1) is 0 Å². The Labute approximate surface area is 101 Å². The highest BCUT2D eigenvalue weighted by Crippen LogP contribution is 2.34. The van der Waals surface area contributed by atoms with Gasteiger partial charge in [0.2, 0.25) is 0 Å². The summed E-state index contributed by atoms with van der Waals surface area (Å²) in [5.41, 5.74) is 4.03. The van der Waals surface area contributed by atoms with E-state index in [1.165, 1.54) is 21.1 Å². The Balaban J connectivity index is 3.15. The summed E-state index contributed by atoms with van der Waals surface area (Å²) in [6, 6.07) is 3.40. The van der Waals surface area contributed by atoms with Crippen molar-refractivity contribution in [1.29, 1.82) is 0 Å². The Morgan fingerprint density at radius 2 is 1.76 bits per heavy atom. The fourth-order valence-electron chi connectivity index (χ4n) is 1.61. The molecule has 17 heavy (non-hydrogen) atoms. The lowest BCUT2D eigenvalue weighted by molar-refractivity contribution is 0.0862. The van der Waals surface area contributed by atoms with Gasteiger partial charge in [0.1, 0.15) is 6.17 Å². The first-order valence-corrected chi connectivity index (χ1v) is 5.28. The van der Waals surface area contributed by atoms with Gasteiger partial charge in [0.15, 0.2) is 11.5 Å². The third kappa shape index (κ3) is 3.31. The average Bonchev–Trinajstić information content (AvgIpc) is 2.34. The van der Waals surface area contributed by atoms with Crippen molar-refractivity contribution in [3.63, 3.8) is 0 Å². The van der Waals surface area contributed by atoms with Crippen LogP contribution in [0.25, 0.3) is 0 Å². The van der Waals surface area contributed by atoms with E-state index in [1.807, 2.05) is 0 Å². The fourth-order valence-corrected chi connectivity index (χ4v) is 1.61. The second kappa shape index (κ2) is 6.42. The van der Waals surface area contributed by atoms with Crippen LogP contribution in [-0.2, 0) is 11.4 Å². The third-order valence-corrected chi connectivity index (χ3v) is 2.48. The van der Waals surface area contributed by atoms with Crippen LogP contribution in [0.2, 0.25) is 0 Å². The number of alkyl halides is 1. The molecule has 0 aliphatic heterocycles. The number of rotatable bonds is 6. The van der Waals surface area contributed by atoms with Crippen molar-refractivity contribution in [2.75, 3.05) is 21.3 Å². The maximum Gasteiger partial charge on any atom is 0.161 e. The van der Waals surface area contributed by atoms with Crippen molar-refractivity contribution < 1.29 is 18.7 Å². The maximum atomic E-state index is 13.5. The highest BCUT2D eigenvalue weighted by Gasteiger charge is 2.15. The van der Waals surface area contributed by atoms with E-state index < -0.39 is 6.17 Å². The lowest BCUT2D eigenvalue weighted by atomic mass is 10.0. The van der Waals surface area contributed by atoms with E-state index in [9.17, 15) is 4.39 Å². The van der Waals surface area contributed by atoms with E-state index in [0.717, 1.165) is 5.56 Å². The molecule has 0 amide bonds. The number of nitrogens with one attached hydrogen (secondary N) is 1. The Kier molecular flexibility index (Phi) is 5.18. The van der Waals surface area contributed by atoms with Gasteiger partial charge in [-0.25, -0.2) is 4.39 Å². The maximum absolute atomic E-state index is 13.5. The van der Waals surface area contributed by atoms with E-state index in [4.69, 9.17) is 14.3 Å². The van der Waals surface area contributed by atoms with E-state index in [0.29, 0.717) is 23.6 Å². The predicted octanol–water partition coefficient (Wildman–Crippen LogP) is 2.39. The van der Waals surface area contributed by atoms with Gasteiger partial charge in [-0.2, -0.15) is 5.48 Å². The number of hydroxylamine groups is 1. The largest absolute Gasteiger partial charge is 0.493 e. The van der Waals surface area contributed by atoms with Crippen LogP contribution in [0.3, 0.4) is 0 Å². The van der Waals surface area contributed by atoms with Crippen LogP contribution in [0.5, 0.6) is 11.5 Å². The highest BCUT2D eigenvalue weighted by atomic mass is 19.1. The molecule has 1 aromatic rings. The van der Waals surface area contributed by atoms with E-state index in [2.05, 4.69) is 5.48 Å². The van der Waals surface area contributed by atoms with E-state index >= 15 is 0 Å². The van der Waals surface area contributed by atoms with Crippen LogP contribution < -0.4 is 15.0 Å². The first kappa shape index (κ1) is 13.7. The Hall–Kier alpha value is -1.33. The van der Waals surface area contributed by atoms with Crippen LogP contribution in [0.15, 0.2) is 12.1 Å². The number of methoxy groups -OCH3 is 2. The van der Waals surface area contributed by atoms with Crippen LogP contribution in [0.1, 0.15) is 24.2 Å². The molecule has 0 fully saturated rings. The molecule has 96 valence electrons. The highest BCUT2D eigenvalue weighted by molar-refractivity contribution is 5.48. The first-order valence-electron chi connectivity index (χ1n) is 5.28. The van der Waals surface area contributed by atoms with Crippen molar-refractivity contribution in [1.82, 2.24) is 5.48 Å². The van der Waals surface area contributed by atoms with Gasteiger partial charge >= 0.3 is 0 Å². The third-order valence-electron chi connectivity index (χ3n) is 2.48. The molecule has 4 nitrogen and oxygen atoms in total. The zero-order chi connectivity index (χ0) is 12.8. The quantitative estimate of drug-likeness (QED) is 0.779. The van der Waals surface area contributed by atoms with Gasteiger partial charge in [0.05, 0.1) is 21.3 Å². The fraction of sp³-hybridized carbons (Fsp3) is 0.500. The van der Waals surface area contributed by atoms with Crippen LogP contribution in [-0.4, -0.2) is 21.3 Å². The summed E-state index contributed by atoms with van der Waals surface area (Å²) in [7, 11) is 4.58. The van der Waals surface area contributed by atoms with Crippen molar-refractivity contribution in [2.24, 2.45) is 0 Å². The molecule has 0 aliphatic rings. The van der Waals surface area contributed by atoms with Crippen molar-refractivity contribution in [3.05, 3.63) is 23.3 Å². The predicted molar refractivity (Wildman–Crippen MR) is 62.9 cm³/mol. The summed E-state index contributed by atoms with van der Waals surface area (Å²) < 4.78 is 23.8. The SMILES string of the molecule is CONCc1cc(OC)c(OC)cc1C(C)F. The molecule has 0 bridgehead atoms. The van der Waals surface area contributed by atoms with Crippen LogP contribution >= 0.6 is 0 Å². The monoisotopic (exact) mass is 243 g/mol. The minimum atomic E-state index is -1.08. The topological polar surface area (TPSA) is 39.7 Å². The number of benzene rings is 1. The molecule has 1 atom stereocenters. The average molecular weight is 243 g/mol. The molecule has 1 aromatic carbocycles. The molecule has 0 spiro atoms. The standard InChI is InChI=1S/C12H18FNO3/c1-8(13)10-6-12(16-3)11(15-2)5-9(10)7-14-17-4/h5-6,8,14H,7H2,1-4H3. The number of hydrogen-bond donors (Lipinski definition) is 1. The molecular formula is C12H18FNO3. The Morgan fingerprint density at radius 3 is 2.24 bits per heavy atom. The summed E-state index contributed by atoms with van der Waals surface area (Å²) in [6.07, 6.45) is -1.08. The normalized spacial score (nSPS) is 12.3. The zero-order valence-corrected chi connectivity index (χ0v) is 10.5. The summed E-state index contributed by atoms with van der Waals surface area (Å²) in [5.74, 6) is 1.10. The molecular weight excluding hydrogens is 225 g/mol. The second-order valence-electron chi connectivity index (χ2n) is 3.55. The van der Waals surface area contributed by atoms with Crippen molar-refractivity contribution in [3.8, 4) is 11.5 Å². The molecule has 0 aliphatic carbocycles. The van der Waals surface area contributed by atoms with E-state index in [1.54, 1.807) is 19.2 Å². The van der Waals surface area contributed by atoms with Gasteiger partial charge in [0, 0.05) is 6.54 Å². The minimum Gasteiger partial charge on any atom is -0.493 e. The molecule has 0 saturated heterocycles. The number of hydrogen-bond acceptors (Lipinski definition) is 4. The summed E-state index contributed by atoms with van der Waals surface area (Å²) in [6.45, 7) is 1.89. The summed E-state index contributed by atoms with van der Waals surface area (Å²) in [5, 5.41) is 0. The molecule has 0 radical (unpaired) electrons. The molecule has 0 aromatic heterocycles. The minimum absolute atomic E-state index is 0.403. The van der Waals surface area contributed by atoms with Gasteiger partial charge in [-0.1, -0.05) is 0 Å². The zero-order valence-electron chi connectivity index (χ0n) is 10.5. The summed E-state index contributed by atoms with van der Waals surface area (Å²) in [4.78, 5) is 4.77. The Bertz CT molecular complexity index is 369. The van der Waals surface area contributed by atoms with Crippen LogP contribution in [0.4, 0.5) is 4.39 Å². The van der Waals surface area contributed by atoms with Gasteiger partial charge in [-0.3, -0.25) is 0 Å². The molecule has 1 unspecified atom stereocenters. The van der Waals surface area contributed by atoms with Crippen molar-refractivity contribution in [2.45, 2.75) is 19.6 Å². The first-order chi connectivity index (χ1) is 8.13. The smallest absolute Gasteiger partial charge is 0.161 e. The molecule has 1 rings (SSSR count). The van der Waals surface area contributed by atoms with Gasteiger partial charge < -0.3 is 14.3 Å². The Morgan fingerprint density at radius 1 is 1.18 bits per heavy atom. The van der Waals surface area contributed by atoms with Gasteiger partial charge in [-0.05, 0) is 30.2 Å². The molecule has 0 heterocycles. The summed E-state index contributed by atoms with van der Waals surface area (Å²) >= 11 is 0. The lowest BCUT2D eigenvalue weighted by Crippen LogP contribution is -2.13. The van der Waals surface area contributed by atoms with Gasteiger partial charge in [0.25, 0.3) is 0 Å². The van der Waals surface area contributed by atoms with Gasteiger partial charge in [-0.15, -0.1) is 0 Å². The molecule has 0 saturated carbocycles. The number of halogens is 1. The molecule has 1 N–H and O–H groups in total. The lowest BCUT2D eigenvalue weighted by Gasteiger charge is -2.15. The number of ether oxygens (including phenoxy) is 2. The van der Waals surface area contributed by atoms with Crippen molar-refractivity contribution >= 4 is 0 Å². The second-order valence-corrected chi connectivity index (χ2v) is 3.55.